The van der Waals surface area contributed by atoms with Crippen molar-refractivity contribution in [2.45, 2.75) is 85.2 Å². The Kier molecular flexibility index (Phi) is 16.1. The minimum absolute atomic E-state index is 0.0196. The lowest BCUT2D eigenvalue weighted by Crippen LogP contribution is -2.57. The van der Waals surface area contributed by atoms with Crippen LogP contribution in [-0.2, 0) is 32.3 Å². The number of piperazine rings is 1. The molecule has 6 aromatic rings. The molecule has 5 heterocycles. The molecule has 0 unspecified atom stereocenters. The van der Waals surface area contributed by atoms with Crippen LogP contribution in [0.15, 0.2) is 109 Å². The molecule has 3 aromatic carbocycles. The van der Waals surface area contributed by atoms with E-state index in [9.17, 15) is 29.1 Å². The number of aliphatic hydroxyl groups is 1. The Morgan fingerprint density at radius 3 is 2.29 bits per heavy atom. The maximum absolute atomic E-state index is 14.1. The number of amides is 5. The smallest absolute Gasteiger partial charge is 0.255 e. The van der Waals surface area contributed by atoms with Crippen LogP contribution in [-0.4, -0.2) is 120 Å². The zero-order chi connectivity index (χ0) is 50.9. The van der Waals surface area contributed by atoms with Gasteiger partial charge < -0.3 is 36.2 Å². The normalized spacial score (nSPS) is 16.5. The molecule has 0 radical (unpaired) electrons. The van der Waals surface area contributed by atoms with E-state index in [1.807, 2.05) is 113 Å². The molecule has 3 aromatic heterocycles. The van der Waals surface area contributed by atoms with Crippen molar-refractivity contribution in [3.05, 3.63) is 137 Å². The zero-order valence-electron chi connectivity index (χ0n) is 41.2. The van der Waals surface area contributed by atoms with Crippen LogP contribution in [0.1, 0.15) is 72.8 Å². The molecule has 3 atom stereocenters. The molecule has 5 amide bonds. The predicted octanol–water partition coefficient (Wildman–Crippen LogP) is 6.51. The number of hydrogen-bond acceptors (Lipinski definition) is 13. The first kappa shape index (κ1) is 51.0. The third kappa shape index (κ3) is 12.9. The third-order valence-corrected chi connectivity index (χ3v) is 14.0. The Balaban J connectivity index is 0.769. The Morgan fingerprint density at radius 1 is 0.847 bits per heavy atom. The molecule has 72 heavy (non-hydrogen) atoms. The van der Waals surface area contributed by atoms with Crippen LogP contribution in [0.3, 0.4) is 0 Å². The average Bonchev–Trinajstić information content (AvgIpc) is 4.00. The highest BCUT2D eigenvalue weighted by Crippen LogP contribution is 2.29. The predicted molar refractivity (Wildman–Crippen MR) is 277 cm³/mol. The zero-order valence-corrected chi connectivity index (χ0v) is 42.0. The number of aryl methyl sites for hydroxylation is 2. The number of β-amino-alcohol motifs (C(OH)–C–C–N with tert-alkyl or cyclic N) is 1. The van der Waals surface area contributed by atoms with E-state index in [0.717, 1.165) is 49.8 Å². The molecule has 0 spiro atoms. The molecular weight excluding hydrogens is 931 g/mol. The fourth-order valence-corrected chi connectivity index (χ4v) is 9.63. The first-order valence-electron chi connectivity index (χ1n) is 24.1. The largest absolute Gasteiger partial charge is 0.391 e. The minimum Gasteiger partial charge on any atom is -0.391 e. The van der Waals surface area contributed by atoms with Crippen LogP contribution in [0.4, 0.5) is 17.3 Å². The highest BCUT2D eigenvalue weighted by atomic mass is 32.1. The van der Waals surface area contributed by atoms with E-state index >= 15 is 0 Å². The van der Waals surface area contributed by atoms with Gasteiger partial charge in [0.15, 0.2) is 0 Å². The van der Waals surface area contributed by atoms with Crippen LogP contribution in [0.2, 0.25) is 0 Å². The summed E-state index contributed by atoms with van der Waals surface area (Å²) in [4.78, 5) is 91.6. The highest BCUT2D eigenvalue weighted by Gasteiger charge is 2.44. The molecule has 2 fully saturated rings. The van der Waals surface area contributed by atoms with Crippen molar-refractivity contribution in [1.82, 2.24) is 45.3 Å². The molecule has 2 saturated heterocycles. The van der Waals surface area contributed by atoms with Crippen LogP contribution < -0.4 is 21.3 Å². The average molecular weight is 992 g/mol. The van der Waals surface area contributed by atoms with Gasteiger partial charge in [-0.1, -0.05) is 63.2 Å². The molecule has 0 aliphatic carbocycles. The lowest BCUT2D eigenvalue weighted by molar-refractivity contribution is -0.144. The molecule has 2 aliphatic rings. The van der Waals surface area contributed by atoms with Crippen molar-refractivity contribution in [2.24, 2.45) is 5.41 Å². The minimum atomic E-state index is -0.996. The van der Waals surface area contributed by atoms with E-state index in [1.54, 1.807) is 47.0 Å². The Morgan fingerprint density at radius 2 is 1.60 bits per heavy atom. The van der Waals surface area contributed by atoms with Gasteiger partial charge in [0.25, 0.3) is 5.91 Å². The lowest BCUT2D eigenvalue weighted by atomic mass is 9.85. The fourth-order valence-electron chi connectivity index (χ4n) is 8.82. The number of benzene rings is 3. The summed E-state index contributed by atoms with van der Waals surface area (Å²) < 4.78 is 0. The van der Waals surface area contributed by atoms with Crippen molar-refractivity contribution in [2.75, 3.05) is 43.4 Å². The van der Waals surface area contributed by atoms with E-state index < -0.39 is 35.4 Å². The van der Waals surface area contributed by atoms with Crippen molar-refractivity contribution in [1.29, 1.82) is 0 Å². The molecule has 0 bridgehead atoms. The maximum atomic E-state index is 14.1. The fraction of sp³-hybridized carbons (Fsp3) is 0.352. The number of pyridine rings is 1. The number of aromatic nitrogens is 4. The van der Waals surface area contributed by atoms with E-state index in [1.165, 1.54) is 4.90 Å². The van der Waals surface area contributed by atoms with Crippen molar-refractivity contribution < 1.29 is 29.1 Å². The maximum Gasteiger partial charge on any atom is 0.255 e. The van der Waals surface area contributed by atoms with Gasteiger partial charge in [0.2, 0.25) is 29.6 Å². The number of rotatable bonds is 16. The number of carbonyl (C=O) groups is 5. The van der Waals surface area contributed by atoms with Gasteiger partial charge in [-0.2, -0.15) is 0 Å². The van der Waals surface area contributed by atoms with Gasteiger partial charge in [0, 0.05) is 106 Å². The number of aliphatic hydroxyl groups excluding tert-OH is 1. The van der Waals surface area contributed by atoms with Gasteiger partial charge in [0.1, 0.15) is 12.1 Å². The molecular formula is C54H61N11O6S. The number of nitrogens with zero attached hydrogens (tertiary/aromatic N) is 7. The van der Waals surface area contributed by atoms with Crippen LogP contribution in [0.25, 0.3) is 21.7 Å². The van der Waals surface area contributed by atoms with E-state index in [-0.39, 0.29) is 50.1 Å². The third-order valence-electron chi connectivity index (χ3n) is 13.0. The van der Waals surface area contributed by atoms with Gasteiger partial charge in [0.05, 0.1) is 27.9 Å². The number of carbonyl (C=O) groups excluding carboxylic acids is 5. The van der Waals surface area contributed by atoms with Crippen molar-refractivity contribution >= 4 is 58.2 Å². The molecule has 18 heteroatoms. The van der Waals surface area contributed by atoms with Crippen LogP contribution >= 0.6 is 11.3 Å². The first-order chi connectivity index (χ1) is 34.6. The summed E-state index contributed by atoms with van der Waals surface area (Å²) in [5, 5.41) is 22.7. The monoisotopic (exact) mass is 991 g/mol. The standard InChI is InChI=1S/C54H61N11O6S/c1-34-8-17-41(27-44(34)61-53-56-22-20-43(60-53)40-7-6-21-55-30-40)59-50(69)39-15-11-37(12-16-39)31-63-23-25-64(26-24-63)47(68)19-18-46(67)62-49(54(3,4)5)52(71)65-32-42(66)28-45(65)51(70)57-29-36-9-13-38(14-10-36)48-35(2)58-33-72-48/h6-17,20-22,27,30,33,42,45,49,66H,18-19,23-26,28-29,31-32H2,1-5H3,(H,57,70)(H,59,69)(H,62,67)(H,56,60,61)/t42-,45+,49-/m1/s1. The van der Waals surface area contributed by atoms with Gasteiger partial charge in [-0.25, -0.2) is 15.0 Å². The summed E-state index contributed by atoms with van der Waals surface area (Å²) in [7, 11) is 0. The molecule has 5 N–H and O–H groups in total. The summed E-state index contributed by atoms with van der Waals surface area (Å²) in [5.41, 5.74) is 9.44. The molecule has 17 nitrogen and oxygen atoms in total. The second-order valence-electron chi connectivity index (χ2n) is 19.4. The molecule has 0 saturated carbocycles. The topological polar surface area (TPSA) is 215 Å². The summed E-state index contributed by atoms with van der Waals surface area (Å²) in [6, 6.07) is 24.6. The second-order valence-corrected chi connectivity index (χ2v) is 20.3. The number of hydrogen-bond donors (Lipinski definition) is 5. The van der Waals surface area contributed by atoms with Crippen molar-refractivity contribution in [3.8, 4) is 21.7 Å². The number of thiazole rings is 1. The van der Waals surface area contributed by atoms with E-state index in [0.29, 0.717) is 49.9 Å². The Hall–Kier alpha value is -7.41. The van der Waals surface area contributed by atoms with Gasteiger partial charge >= 0.3 is 0 Å². The highest BCUT2D eigenvalue weighted by molar-refractivity contribution is 7.13. The van der Waals surface area contributed by atoms with Gasteiger partial charge in [-0.15, -0.1) is 11.3 Å². The Bertz CT molecular complexity index is 2880. The first-order valence-corrected chi connectivity index (χ1v) is 25.0. The van der Waals surface area contributed by atoms with E-state index in [4.69, 9.17) is 0 Å². The molecule has 8 rings (SSSR count). The summed E-state index contributed by atoms with van der Waals surface area (Å²) in [6.07, 6.45) is 4.20. The molecule has 374 valence electrons. The number of anilines is 3. The lowest BCUT2D eigenvalue weighted by Gasteiger charge is -2.36. The molecule has 2 aliphatic heterocycles. The van der Waals surface area contributed by atoms with Gasteiger partial charge in [-0.3, -0.25) is 33.9 Å². The van der Waals surface area contributed by atoms with Crippen LogP contribution in [0, 0.1) is 19.3 Å². The Labute approximate surface area is 423 Å². The SMILES string of the molecule is Cc1ccc(NC(=O)c2ccc(CN3CCN(C(=O)CCC(=O)N[C@H](C(=O)N4C[C@H](O)C[C@H]4C(=O)NCc4ccc(-c5scnc5C)cc4)C(C)(C)C)CC3)cc2)cc1Nc1nccc(-c2cccnc2)n1. The summed E-state index contributed by atoms with van der Waals surface area (Å²) in [6.45, 7) is 12.5. The number of likely N-dealkylation sites (tertiary alicyclic amines) is 1. The van der Waals surface area contributed by atoms with Crippen LogP contribution in [0.5, 0.6) is 0 Å². The van der Waals surface area contributed by atoms with Gasteiger partial charge in [-0.05, 0) is 84.0 Å². The number of nitrogens with one attached hydrogen (secondary N) is 4. The summed E-state index contributed by atoms with van der Waals surface area (Å²) >= 11 is 1.57. The van der Waals surface area contributed by atoms with E-state index in [2.05, 4.69) is 46.1 Å². The second kappa shape index (κ2) is 22.8. The summed E-state index contributed by atoms with van der Waals surface area (Å²) in [5.74, 6) is -1.26. The quantitative estimate of drug-likeness (QED) is 0.0702. The van der Waals surface area contributed by atoms with Crippen molar-refractivity contribution in [3.63, 3.8) is 0 Å².